The van der Waals surface area contributed by atoms with E-state index in [9.17, 15) is 13.2 Å². The van der Waals surface area contributed by atoms with Gasteiger partial charge in [-0.1, -0.05) is 0 Å². The van der Waals surface area contributed by atoms with Crippen LogP contribution in [0.1, 0.15) is 5.82 Å². The van der Waals surface area contributed by atoms with E-state index >= 15 is 0 Å². The Bertz CT molecular complexity index is 628. The zero-order chi connectivity index (χ0) is 15.6. The minimum atomic E-state index is -4.65. The van der Waals surface area contributed by atoms with Crippen LogP contribution in [0.4, 0.5) is 30.5 Å². The van der Waals surface area contributed by atoms with Crippen molar-refractivity contribution in [2.24, 2.45) is 0 Å². The predicted octanol–water partition coefficient (Wildman–Crippen LogP) is 2.85. The molecule has 2 aromatic rings. The Morgan fingerprint density at radius 2 is 1.76 bits per heavy atom. The molecule has 0 atom stereocenters. The fourth-order valence-corrected chi connectivity index (χ4v) is 1.69. The number of methoxy groups -OCH3 is 1. The number of benzene rings is 1. The predicted molar refractivity (Wildman–Crippen MR) is 72.5 cm³/mol. The lowest BCUT2D eigenvalue weighted by atomic mass is 10.3. The molecule has 0 aliphatic rings. The van der Waals surface area contributed by atoms with Crippen LogP contribution in [0.25, 0.3) is 0 Å². The van der Waals surface area contributed by atoms with Crippen molar-refractivity contribution in [3.05, 3.63) is 36.2 Å². The highest BCUT2D eigenvalue weighted by molar-refractivity contribution is 5.62. The minimum Gasteiger partial charge on any atom is -0.497 e. The Balaban J connectivity index is 2.38. The molecule has 0 aliphatic carbocycles. The number of alkyl halides is 3. The van der Waals surface area contributed by atoms with Gasteiger partial charge in [-0.05, 0) is 24.3 Å². The molecule has 2 rings (SSSR count). The smallest absolute Gasteiger partial charge is 0.451 e. The second-order valence-corrected chi connectivity index (χ2v) is 4.23. The molecule has 21 heavy (non-hydrogen) atoms. The average molecular weight is 298 g/mol. The maximum Gasteiger partial charge on any atom is 0.451 e. The summed E-state index contributed by atoms with van der Waals surface area (Å²) in [5.74, 6) is -0.809. The molecular weight excluding hydrogens is 285 g/mol. The number of anilines is 3. The van der Waals surface area contributed by atoms with E-state index in [4.69, 9.17) is 10.5 Å². The van der Waals surface area contributed by atoms with Gasteiger partial charge in [0.15, 0.2) is 0 Å². The molecule has 0 unspecified atom stereocenters. The van der Waals surface area contributed by atoms with E-state index < -0.39 is 12.0 Å². The summed E-state index contributed by atoms with van der Waals surface area (Å²) in [6.45, 7) is 0. The number of nitrogen functional groups attached to an aromatic ring is 1. The Morgan fingerprint density at radius 3 is 2.29 bits per heavy atom. The number of nitrogens with zero attached hydrogens (tertiary/aromatic N) is 3. The molecule has 112 valence electrons. The molecule has 0 saturated carbocycles. The number of hydrogen-bond acceptors (Lipinski definition) is 5. The number of rotatable bonds is 3. The highest BCUT2D eigenvalue weighted by atomic mass is 19.4. The molecular formula is C13H13F3N4O. The van der Waals surface area contributed by atoms with Crippen LogP contribution in [0.3, 0.4) is 0 Å². The largest absolute Gasteiger partial charge is 0.497 e. The summed E-state index contributed by atoms with van der Waals surface area (Å²) >= 11 is 0. The quantitative estimate of drug-likeness (QED) is 0.944. The van der Waals surface area contributed by atoms with E-state index in [1.54, 1.807) is 31.3 Å². The lowest BCUT2D eigenvalue weighted by molar-refractivity contribution is -0.144. The summed E-state index contributed by atoms with van der Waals surface area (Å²) in [5.41, 5.74) is 6.06. The van der Waals surface area contributed by atoms with Crippen LogP contribution in [0.5, 0.6) is 5.75 Å². The zero-order valence-electron chi connectivity index (χ0n) is 11.3. The first-order chi connectivity index (χ1) is 9.81. The molecule has 1 heterocycles. The third kappa shape index (κ3) is 3.33. The SMILES string of the molecule is COc1ccc(N(C)c2cc(N)nc(C(F)(F)F)n2)cc1. The first kappa shape index (κ1) is 14.9. The Morgan fingerprint density at radius 1 is 1.14 bits per heavy atom. The van der Waals surface area contributed by atoms with Crippen molar-refractivity contribution in [2.75, 3.05) is 24.8 Å². The van der Waals surface area contributed by atoms with Crippen molar-refractivity contribution in [1.29, 1.82) is 0 Å². The molecule has 0 saturated heterocycles. The van der Waals surface area contributed by atoms with Gasteiger partial charge in [0.25, 0.3) is 0 Å². The highest BCUT2D eigenvalue weighted by Crippen LogP contribution is 2.30. The van der Waals surface area contributed by atoms with Gasteiger partial charge in [0.05, 0.1) is 7.11 Å². The fraction of sp³-hybridized carbons (Fsp3) is 0.231. The van der Waals surface area contributed by atoms with Crippen LogP contribution in [-0.4, -0.2) is 24.1 Å². The summed E-state index contributed by atoms with van der Waals surface area (Å²) in [5, 5.41) is 0. The lowest BCUT2D eigenvalue weighted by Gasteiger charge is -2.19. The van der Waals surface area contributed by atoms with Crippen molar-refractivity contribution >= 4 is 17.3 Å². The third-order valence-electron chi connectivity index (χ3n) is 2.79. The van der Waals surface area contributed by atoms with Crippen molar-refractivity contribution < 1.29 is 17.9 Å². The van der Waals surface area contributed by atoms with Gasteiger partial charge in [0, 0.05) is 18.8 Å². The number of nitrogens with two attached hydrogens (primary N) is 1. The van der Waals surface area contributed by atoms with E-state index in [2.05, 4.69) is 9.97 Å². The van der Waals surface area contributed by atoms with E-state index in [0.717, 1.165) is 0 Å². The first-order valence-electron chi connectivity index (χ1n) is 5.91. The van der Waals surface area contributed by atoms with Crippen molar-refractivity contribution in [2.45, 2.75) is 6.18 Å². The van der Waals surface area contributed by atoms with Gasteiger partial charge in [-0.3, -0.25) is 0 Å². The second-order valence-electron chi connectivity index (χ2n) is 4.23. The average Bonchev–Trinajstić information content (AvgIpc) is 2.45. The van der Waals surface area contributed by atoms with Gasteiger partial charge in [-0.15, -0.1) is 0 Å². The van der Waals surface area contributed by atoms with Gasteiger partial charge >= 0.3 is 6.18 Å². The van der Waals surface area contributed by atoms with Gasteiger partial charge in [-0.25, -0.2) is 9.97 Å². The molecule has 1 aromatic heterocycles. The minimum absolute atomic E-state index is 0.0555. The van der Waals surface area contributed by atoms with E-state index in [0.29, 0.717) is 11.4 Å². The second kappa shape index (κ2) is 5.47. The molecule has 0 fully saturated rings. The van der Waals surface area contributed by atoms with Crippen LogP contribution in [0.2, 0.25) is 0 Å². The zero-order valence-corrected chi connectivity index (χ0v) is 11.3. The Labute approximate surface area is 119 Å². The van der Waals surface area contributed by atoms with Gasteiger partial charge in [-0.2, -0.15) is 13.2 Å². The summed E-state index contributed by atoms with van der Waals surface area (Å²) in [7, 11) is 3.11. The van der Waals surface area contributed by atoms with Crippen LogP contribution in [-0.2, 0) is 6.18 Å². The van der Waals surface area contributed by atoms with Gasteiger partial charge in [0.1, 0.15) is 17.4 Å². The monoisotopic (exact) mass is 298 g/mol. The first-order valence-corrected chi connectivity index (χ1v) is 5.91. The summed E-state index contributed by atoms with van der Waals surface area (Å²) in [4.78, 5) is 8.18. The normalized spacial score (nSPS) is 11.3. The summed E-state index contributed by atoms with van der Waals surface area (Å²) in [6, 6.07) is 8.07. The van der Waals surface area contributed by atoms with Crippen LogP contribution >= 0.6 is 0 Å². The number of halogens is 3. The van der Waals surface area contributed by atoms with Crippen LogP contribution < -0.4 is 15.4 Å². The lowest BCUT2D eigenvalue weighted by Crippen LogP contribution is -2.18. The van der Waals surface area contributed by atoms with E-state index in [-0.39, 0.29) is 11.6 Å². The topological polar surface area (TPSA) is 64.3 Å². The number of aromatic nitrogens is 2. The summed E-state index contributed by atoms with van der Waals surface area (Å²) in [6.07, 6.45) is -4.65. The van der Waals surface area contributed by atoms with Crippen molar-refractivity contribution in [1.82, 2.24) is 9.97 Å². The maximum atomic E-state index is 12.7. The van der Waals surface area contributed by atoms with Crippen molar-refractivity contribution in [3.63, 3.8) is 0 Å². The standard InChI is InChI=1S/C13H13F3N4O/c1-20(8-3-5-9(21-2)6-4-8)11-7-10(17)18-12(19-11)13(14,15)16/h3-7H,1-2H3,(H2,17,18,19). The Hall–Kier alpha value is -2.51. The highest BCUT2D eigenvalue weighted by Gasteiger charge is 2.35. The van der Waals surface area contributed by atoms with Crippen molar-refractivity contribution in [3.8, 4) is 5.75 Å². The molecule has 0 bridgehead atoms. The molecule has 0 spiro atoms. The van der Waals surface area contributed by atoms with E-state index in [1.165, 1.54) is 18.1 Å². The van der Waals surface area contributed by atoms with Crippen LogP contribution in [0, 0.1) is 0 Å². The molecule has 0 radical (unpaired) electrons. The third-order valence-corrected chi connectivity index (χ3v) is 2.79. The maximum absolute atomic E-state index is 12.7. The molecule has 2 N–H and O–H groups in total. The van der Waals surface area contributed by atoms with Gasteiger partial charge in [0.2, 0.25) is 5.82 Å². The molecule has 0 amide bonds. The molecule has 1 aromatic carbocycles. The molecule has 8 heteroatoms. The van der Waals surface area contributed by atoms with Gasteiger partial charge < -0.3 is 15.4 Å². The van der Waals surface area contributed by atoms with Crippen LogP contribution in [0.15, 0.2) is 30.3 Å². The van der Waals surface area contributed by atoms with E-state index in [1.807, 2.05) is 0 Å². The Kier molecular flexibility index (Phi) is 3.88. The number of hydrogen-bond donors (Lipinski definition) is 1. The molecule has 5 nitrogen and oxygen atoms in total. The fourth-order valence-electron chi connectivity index (χ4n) is 1.69. The number of ether oxygens (including phenoxy) is 1. The molecule has 0 aliphatic heterocycles. The summed E-state index contributed by atoms with van der Waals surface area (Å²) < 4.78 is 43.1.